The number of allylic oxidation sites excluding steroid dienone is 4. The summed E-state index contributed by atoms with van der Waals surface area (Å²) in [6.45, 7) is 5.42. The van der Waals surface area contributed by atoms with E-state index in [-0.39, 0.29) is 0 Å². The van der Waals surface area contributed by atoms with E-state index in [4.69, 9.17) is 11.6 Å². The van der Waals surface area contributed by atoms with Crippen molar-refractivity contribution in [2.24, 2.45) is 0 Å². The van der Waals surface area contributed by atoms with E-state index in [9.17, 15) is 0 Å². The van der Waals surface area contributed by atoms with E-state index >= 15 is 0 Å². The predicted molar refractivity (Wildman–Crippen MR) is 46.9 cm³/mol. The van der Waals surface area contributed by atoms with Crippen LogP contribution in [0.5, 0.6) is 0 Å². The molecule has 0 aliphatic rings. The van der Waals surface area contributed by atoms with E-state index in [1.165, 1.54) is 0 Å². The van der Waals surface area contributed by atoms with Crippen LogP contribution in [0, 0.1) is 0 Å². The predicted octanol–water partition coefficient (Wildman–Crippen LogP) is 3.13. The van der Waals surface area contributed by atoms with Gasteiger partial charge in [0.15, 0.2) is 0 Å². The molecule has 0 saturated heterocycles. The van der Waals surface area contributed by atoms with Crippen LogP contribution in [0.3, 0.4) is 0 Å². The second-order valence-corrected chi connectivity index (χ2v) is 2.51. The van der Waals surface area contributed by atoms with Crippen LogP contribution in [0.25, 0.3) is 0 Å². The van der Waals surface area contributed by atoms with Gasteiger partial charge in [-0.15, -0.1) is 12.6 Å². The van der Waals surface area contributed by atoms with E-state index in [0.29, 0.717) is 9.94 Å². The Hall–Kier alpha value is -0.140. The van der Waals surface area contributed by atoms with Gasteiger partial charge in [-0.3, -0.25) is 0 Å². The van der Waals surface area contributed by atoms with Gasteiger partial charge in [0.2, 0.25) is 0 Å². The van der Waals surface area contributed by atoms with Crippen LogP contribution in [-0.2, 0) is 0 Å². The minimum absolute atomic E-state index is 0.699. The Morgan fingerprint density at radius 1 is 1.56 bits per heavy atom. The molecule has 0 heterocycles. The molecule has 0 spiro atoms. The summed E-state index contributed by atoms with van der Waals surface area (Å²) in [6, 6.07) is 0. The Morgan fingerprint density at radius 3 is 2.44 bits per heavy atom. The summed E-state index contributed by atoms with van der Waals surface area (Å²) in [5.41, 5.74) is 0. The van der Waals surface area contributed by atoms with E-state index in [1.54, 1.807) is 18.2 Å². The molecule has 50 valence electrons. The molecule has 0 nitrogen and oxygen atoms in total. The Kier molecular flexibility index (Phi) is 4.64. The quantitative estimate of drug-likeness (QED) is 0.466. The van der Waals surface area contributed by atoms with Crippen molar-refractivity contribution in [3.05, 3.63) is 34.7 Å². The van der Waals surface area contributed by atoms with Gasteiger partial charge in [-0.1, -0.05) is 24.3 Å². The van der Waals surface area contributed by atoms with E-state index in [0.717, 1.165) is 0 Å². The van der Waals surface area contributed by atoms with Gasteiger partial charge in [0.25, 0.3) is 0 Å². The van der Waals surface area contributed by atoms with Crippen LogP contribution in [0.2, 0.25) is 0 Å². The van der Waals surface area contributed by atoms with Crippen molar-refractivity contribution in [2.75, 3.05) is 0 Å². The highest BCUT2D eigenvalue weighted by Gasteiger charge is 1.78. The fraction of sp³-hybridized carbons (Fsp3) is 0.143. The van der Waals surface area contributed by atoms with E-state index < -0.39 is 0 Å². The van der Waals surface area contributed by atoms with Crippen molar-refractivity contribution >= 4 is 24.2 Å². The first kappa shape index (κ1) is 8.86. The first-order valence-electron chi connectivity index (χ1n) is 2.54. The van der Waals surface area contributed by atoms with Gasteiger partial charge in [0.05, 0.1) is 0 Å². The van der Waals surface area contributed by atoms with Crippen LogP contribution in [-0.4, -0.2) is 0 Å². The molecule has 0 aromatic rings. The molecule has 0 unspecified atom stereocenters. The number of hydrogen-bond donors (Lipinski definition) is 1. The summed E-state index contributed by atoms with van der Waals surface area (Å²) < 4.78 is 0. The Bertz CT molecular complexity index is 156. The topological polar surface area (TPSA) is 0 Å². The van der Waals surface area contributed by atoms with Crippen molar-refractivity contribution in [1.29, 1.82) is 0 Å². The molecule has 0 aromatic heterocycles. The summed E-state index contributed by atoms with van der Waals surface area (Å²) in [5.74, 6) is 0. The number of halogens is 1. The molecule has 0 fully saturated rings. The molecule has 2 heteroatoms. The smallest absolute Gasteiger partial charge is 0.0363 e. The third-order valence-electron chi connectivity index (χ3n) is 0.711. The molecule has 0 aromatic carbocycles. The number of rotatable bonds is 2. The molecule has 0 N–H and O–H groups in total. The summed E-state index contributed by atoms with van der Waals surface area (Å²) in [5, 5.41) is 0.699. The third-order valence-corrected chi connectivity index (χ3v) is 1.20. The fourth-order valence-corrected chi connectivity index (χ4v) is 0.410. The van der Waals surface area contributed by atoms with Crippen LogP contribution in [0.1, 0.15) is 6.92 Å². The average molecular weight is 161 g/mol. The maximum absolute atomic E-state index is 5.61. The molecule has 0 saturated carbocycles. The van der Waals surface area contributed by atoms with Gasteiger partial charge in [0, 0.05) is 5.03 Å². The first-order valence-corrected chi connectivity index (χ1v) is 3.37. The summed E-state index contributed by atoms with van der Waals surface area (Å²) in [4.78, 5) is 0.704. The highest BCUT2D eigenvalue weighted by molar-refractivity contribution is 7.84. The average Bonchev–Trinajstić information content (AvgIpc) is 1.83. The normalized spacial score (nSPS) is 12.6. The standard InChI is InChI=1S/C7H9ClS/c1-3-7(8)5-4-6(2)9/h3-5,9H,2H2,1H3/b5-4-,7-3+. The summed E-state index contributed by atoms with van der Waals surface area (Å²) >= 11 is 9.55. The zero-order valence-corrected chi connectivity index (χ0v) is 6.91. The number of thiol groups is 1. The largest absolute Gasteiger partial charge is 0.144 e. The lowest BCUT2D eigenvalue weighted by atomic mass is 10.4. The third kappa shape index (κ3) is 5.74. The van der Waals surface area contributed by atoms with Gasteiger partial charge >= 0.3 is 0 Å². The van der Waals surface area contributed by atoms with Crippen molar-refractivity contribution in [3.63, 3.8) is 0 Å². The molecule has 0 radical (unpaired) electrons. The van der Waals surface area contributed by atoms with E-state index in [2.05, 4.69) is 19.2 Å². The van der Waals surface area contributed by atoms with Gasteiger partial charge in [-0.2, -0.15) is 0 Å². The van der Waals surface area contributed by atoms with Gasteiger partial charge in [-0.05, 0) is 24.0 Å². The second-order valence-electron chi connectivity index (χ2n) is 1.50. The Labute approximate surface area is 66.3 Å². The van der Waals surface area contributed by atoms with Gasteiger partial charge in [0.1, 0.15) is 0 Å². The van der Waals surface area contributed by atoms with Crippen LogP contribution >= 0.6 is 24.2 Å². The van der Waals surface area contributed by atoms with E-state index in [1.807, 2.05) is 6.92 Å². The second kappa shape index (κ2) is 4.71. The van der Waals surface area contributed by atoms with Crippen molar-refractivity contribution in [3.8, 4) is 0 Å². The molecule has 0 atom stereocenters. The Balaban J connectivity index is 3.86. The van der Waals surface area contributed by atoms with Gasteiger partial charge < -0.3 is 0 Å². The minimum Gasteiger partial charge on any atom is -0.144 e. The van der Waals surface area contributed by atoms with Crippen LogP contribution < -0.4 is 0 Å². The summed E-state index contributed by atoms with van der Waals surface area (Å²) in [6.07, 6.45) is 5.29. The Morgan fingerprint density at radius 2 is 2.11 bits per heavy atom. The maximum Gasteiger partial charge on any atom is 0.0363 e. The molecule has 0 aliphatic carbocycles. The molecular formula is C7H9ClS. The van der Waals surface area contributed by atoms with Crippen molar-refractivity contribution in [2.45, 2.75) is 6.92 Å². The van der Waals surface area contributed by atoms with Crippen LogP contribution in [0.4, 0.5) is 0 Å². The van der Waals surface area contributed by atoms with Crippen LogP contribution in [0.15, 0.2) is 34.7 Å². The minimum atomic E-state index is 0.699. The maximum atomic E-state index is 5.61. The molecule has 0 aliphatic heterocycles. The zero-order chi connectivity index (χ0) is 7.28. The number of hydrogen-bond acceptors (Lipinski definition) is 1. The van der Waals surface area contributed by atoms with Gasteiger partial charge in [-0.25, -0.2) is 0 Å². The first-order chi connectivity index (χ1) is 4.16. The lowest BCUT2D eigenvalue weighted by Crippen LogP contribution is -1.60. The van der Waals surface area contributed by atoms with Crippen molar-refractivity contribution in [1.82, 2.24) is 0 Å². The highest BCUT2D eigenvalue weighted by Crippen LogP contribution is 2.05. The summed E-state index contributed by atoms with van der Waals surface area (Å²) in [7, 11) is 0. The molecule has 9 heavy (non-hydrogen) atoms. The molecule has 0 bridgehead atoms. The molecule has 0 rings (SSSR count). The molecule has 0 amide bonds. The monoisotopic (exact) mass is 160 g/mol. The lowest BCUT2D eigenvalue weighted by molar-refractivity contribution is 1.69. The lowest BCUT2D eigenvalue weighted by Gasteiger charge is -1.84. The highest BCUT2D eigenvalue weighted by atomic mass is 35.5. The zero-order valence-electron chi connectivity index (χ0n) is 5.26. The SMILES string of the molecule is C=C(S)/C=C\C(Cl)=C/C. The molecular weight excluding hydrogens is 152 g/mol. The van der Waals surface area contributed by atoms with Crippen molar-refractivity contribution < 1.29 is 0 Å². The fourth-order valence-electron chi connectivity index (χ4n) is 0.272.